The minimum Gasteiger partial charge on any atom is -0.507 e. The van der Waals surface area contributed by atoms with Crippen LogP contribution in [0.15, 0.2) is 24.3 Å². The molecule has 0 bridgehead atoms. The van der Waals surface area contributed by atoms with E-state index in [2.05, 4.69) is 86.6 Å². The second kappa shape index (κ2) is 9.67. The minimum absolute atomic E-state index is 0.105. The summed E-state index contributed by atoms with van der Waals surface area (Å²) in [4.78, 5) is 0. The molecule has 2 N–H and O–H groups in total. The number of phenolic OH excluding ortho intramolecular Hbond substituents is 2. The molecule has 0 aliphatic heterocycles. The van der Waals surface area contributed by atoms with E-state index in [9.17, 15) is 10.2 Å². The van der Waals surface area contributed by atoms with Gasteiger partial charge >= 0.3 is 0 Å². The van der Waals surface area contributed by atoms with E-state index in [1.54, 1.807) is 0 Å². The van der Waals surface area contributed by atoms with Crippen molar-refractivity contribution in [1.29, 1.82) is 0 Å². The molecule has 0 heterocycles. The normalized spacial score (nSPS) is 13.5. The molecule has 31 heavy (non-hydrogen) atoms. The van der Waals surface area contributed by atoms with Crippen molar-refractivity contribution in [2.24, 2.45) is 0 Å². The van der Waals surface area contributed by atoms with Crippen LogP contribution in [0.3, 0.4) is 0 Å². The number of aromatic hydroxyl groups is 2. The van der Waals surface area contributed by atoms with Gasteiger partial charge in [-0.3, -0.25) is 0 Å². The SMILES string of the molecule is CCCc1cc(CC(C)c2cc(CCC)cc(C(C)(C)C)c2O)c(O)c(C(C)(C)C)c1. The van der Waals surface area contributed by atoms with Crippen LogP contribution in [0.2, 0.25) is 0 Å². The molecule has 0 fully saturated rings. The second-order valence-corrected chi connectivity index (χ2v) is 11.3. The van der Waals surface area contributed by atoms with Crippen molar-refractivity contribution in [2.45, 2.75) is 111 Å². The average molecular weight is 425 g/mol. The van der Waals surface area contributed by atoms with E-state index >= 15 is 0 Å². The number of hydrogen-bond donors (Lipinski definition) is 2. The maximum atomic E-state index is 11.2. The Morgan fingerprint density at radius 2 is 1.16 bits per heavy atom. The van der Waals surface area contributed by atoms with Crippen LogP contribution in [0, 0.1) is 0 Å². The summed E-state index contributed by atoms with van der Waals surface area (Å²) in [5, 5.41) is 22.3. The van der Waals surface area contributed by atoms with E-state index in [1.165, 1.54) is 11.1 Å². The molecule has 0 aromatic heterocycles. The third-order valence-electron chi connectivity index (χ3n) is 6.20. The van der Waals surface area contributed by atoms with E-state index in [4.69, 9.17) is 0 Å². The summed E-state index contributed by atoms with van der Waals surface area (Å²) in [6.07, 6.45) is 4.89. The fourth-order valence-corrected chi connectivity index (χ4v) is 4.46. The zero-order valence-electron chi connectivity index (χ0n) is 21.3. The molecule has 0 amide bonds. The maximum Gasteiger partial charge on any atom is 0.122 e. The molecular weight excluding hydrogens is 380 g/mol. The average Bonchev–Trinajstić information content (AvgIpc) is 2.64. The van der Waals surface area contributed by atoms with Crippen LogP contribution in [0.25, 0.3) is 0 Å². The minimum atomic E-state index is -0.120. The standard InChI is InChI=1S/C29H44O2/c1-10-12-20-15-22(26(30)24(17-20)28(4,5)6)14-19(3)23-16-21(13-11-2)18-25(27(23)31)29(7,8)9/h15-19,30-31H,10-14H2,1-9H3. The summed E-state index contributed by atoms with van der Waals surface area (Å²) in [6.45, 7) is 19.5. The fourth-order valence-electron chi connectivity index (χ4n) is 4.46. The van der Waals surface area contributed by atoms with Gasteiger partial charge in [-0.15, -0.1) is 0 Å². The number of phenols is 2. The fraction of sp³-hybridized carbons (Fsp3) is 0.586. The smallest absolute Gasteiger partial charge is 0.122 e. The third-order valence-corrected chi connectivity index (χ3v) is 6.20. The summed E-state index contributed by atoms with van der Waals surface area (Å²) < 4.78 is 0. The first-order valence-electron chi connectivity index (χ1n) is 12.0. The van der Waals surface area contributed by atoms with Crippen molar-refractivity contribution in [3.8, 4) is 11.5 Å². The Morgan fingerprint density at radius 3 is 1.61 bits per heavy atom. The van der Waals surface area contributed by atoms with Gasteiger partial charge < -0.3 is 10.2 Å². The number of benzene rings is 2. The molecule has 0 saturated carbocycles. The van der Waals surface area contributed by atoms with Crippen LogP contribution in [0.5, 0.6) is 11.5 Å². The summed E-state index contributed by atoms with van der Waals surface area (Å²) in [5.41, 5.74) is 6.34. The van der Waals surface area contributed by atoms with Gasteiger partial charge in [0.05, 0.1) is 0 Å². The lowest BCUT2D eigenvalue weighted by Crippen LogP contribution is -2.15. The summed E-state index contributed by atoms with van der Waals surface area (Å²) in [5.74, 6) is 0.938. The Balaban J connectivity index is 2.55. The van der Waals surface area contributed by atoms with Gasteiger partial charge in [-0.1, -0.05) is 99.4 Å². The van der Waals surface area contributed by atoms with Gasteiger partial charge in [0.1, 0.15) is 11.5 Å². The van der Waals surface area contributed by atoms with Crippen LogP contribution in [-0.2, 0) is 30.1 Å². The molecule has 2 heteroatoms. The van der Waals surface area contributed by atoms with E-state index in [0.717, 1.165) is 47.9 Å². The zero-order valence-corrected chi connectivity index (χ0v) is 21.3. The number of aryl methyl sites for hydroxylation is 2. The summed E-state index contributed by atoms with van der Waals surface area (Å²) in [6, 6.07) is 8.69. The molecule has 0 saturated heterocycles. The molecule has 2 nitrogen and oxygen atoms in total. The molecule has 2 aromatic carbocycles. The van der Waals surface area contributed by atoms with Crippen LogP contribution in [-0.4, -0.2) is 10.2 Å². The Labute approximate surface area is 190 Å². The van der Waals surface area contributed by atoms with Crippen LogP contribution in [0.1, 0.15) is 114 Å². The van der Waals surface area contributed by atoms with Crippen molar-refractivity contribution in [3.05, 3.63) is 57.6 Å². The maximum absolute atomic E-state index is 11.2. The first-order valence-corrected chi connectivity index (χ1v) is 12.0. The van der Waals surface area contributed by atoms with Crippen LogP contribution in [0.4, 0.5) is 0 Å². The highest BCUT2D eigenvalue weighted by molar-refractivity contribution is 5.51. The van der Waals surface area contributed by atoms with E-state index in [-0.39, 0.29) is 16.7 Å². The predicted molar refractivity (Wildman–Crippen MR) is 134 cm³/mol. The Bertz CT molecular complexity index is 894. The molecule has 0 radical (unpaired) electrons. The van der Waals surface area contributed by atoms with Crippen molar-refractivity contribution in [2.75, 3.05) is 0 Å². The highest BCUT2D eigenvalue weighted by atomic mass is 16.3. The van der Waals surface area contributed by atoms with Crippen molar-refractivity contribution < 1.29 is 10.2 Å². The van der Waals surface area contributed by atoms with Crippen molar-refractivity contribution >= 4 is 0 Å². The predicted octanol–water partition coefficient (Wildman–Crippen LogP) is 7.94. The molecule has 0 aliphatic carbocycles. The largest absolute Gasteiger partial charge is 0.507 e. The zero-order chi connectivity index (χ0) is 23.6. The molecule has 2 aromatic rings. The second-order valence-electron chi connectivity index (χ2n) is 11.3. The molecule has 1 atom stereocenters. The molecule has 172 valence electrons. The number of rotatable bonds is 7. The molecular formula is C29H44O2. The van der Waals surface area contributed by atoms with Gasteiger partial charge in [0.2, 0.25) is 0 Å². The van der Waals surface area contributed by atoms with Gasteiger partial charge in [0.25, 0.3) is 0 Å². The lowest BCUT2D eigenvalue weighted by atomic mass is 9.79. The summed E-state index contributed by atoms with van der Waals surface area (Å²) in [7, 11) is 0. The van der Waals surface area contributed by atoms with Gasteiger partial charge in [-0.25, -0.2) is 0 Å². The van der Waals surface area contributed by atoms with Gasteiger partial charge in [-0.2, -0.15) is 0 Å². The van der Waals surface area contributed by atoms with Gasteiger partial charge in [0.15, 0.2) is 0 Å². The van der Waals surface area contributed by atoms with E-state index in [0.29, 0.717) is 17.9 Å². The van der Waals surface area contributed by atoms with Crippen molar-refractivity contribution in [3.63, 3.8) is 0 Å². The first kappa shape index (κ1) is 25.3. The molecule has 0 spiro atoms. The molecule has 1 unspecified atom stereocenters. The topological polar surface area (TPSA) is 40.5 Å². The third kappa shape index (κ3) is 6.05. The lowest BCUT2D eigenvalue weighted by Gasteiger charge is -2.27. The molecule has 0 aliphatic rings. The Morgan fingerprint density at radius 1 is 0.710 bits per heavy atom. The van der Waals surface area contributed by atoms with Crippen LogP contribution < -0.4 is 0 Å². The van der Waals surface area contributed by atoms with Gasteiger partial charge in [0, 0.05) is 0 Å². The number of hydrogen-bond acceptors (Lipinski definition) is 2. The van der Waals surface area contributed by atoms with E-state index in [1.807, 2.05) is 0 Å². The Hall–Kier alpha value is -1.96. The highest BCUT2D eigenvalue weighted by Gasteiger charge is 2.26. The van der Waals surface area contributed by atoms with Crippen molar-refractivity contribution in [1.82, 2.24) is 0 Å². The highest BCUT2D eigenvalue weighted by Crippen LogP contribution is 2.41. The van der Waals surface area contributed by atoms with Gasteiger partial charge in [-0.05, 0) is 69.4 Å². The lowest BCUT2D eigenvalue weighted by molar-refractivity contribution is 0.428. The monoisotopic (exact) mass is 424 g/mol. The van der Waals surface area contributed by atoms with Crippen LogP contribution >= 0.6 is 0 Å². The Kier molecular flexibility index (Phi) is 7.89. The first-order chi connectivity index (χ1) is 14.3. The molecule has 2 rings (SSSR count). The summed E-state index contributed by atoms with van der Waals surface area (Å²) >= 11 is 0. The van der Waals surface area contributed by atoms with E-state index < -0.39 is 0 Å². The quantitative estimate of drug-likeness (QED) is 0.473.